The molecule has 0 unspecified atom stereocenters. The first kappa shape index (κ1) is 13.5. The van der Waals surface area contributed by atoms with Crippen molar-refractivity contribution in [3.63, 3.8) is 0 Å². The smallest absolute Gasteiger partial charge is 0.303 e. The summed E-state index contributed by atoms with van der Waals surface area (Å²) < 4.78 is 46.3. The van der Waals surface area contributed by atoms with Crippen LogP contribution in [0.5, 0.6) is 0 Å². The lowest BCUT2D eigenvalue weighted by atomic mass is 9.93. The van der Waals surface area contributed by atoms with Gasteiger partial charge in [-0.2, -0.15) is 8.78 Å². The molecule has 0 N–H and O–H groups in total. The minimum atomic E-state index is -3.41. The van der Waals surface area contributed by atoms with Crippen molar-refractivity contribution >= 4 is 15.9 Å². The highest BCUT2D eigenvalue weighted by Gasteiger charge is 2.50. The summed E-state index contributed by atoms with van der Waals surface area (Å²) in [6.45, 7) is 2.43. The molecule has 0 aliphatic rings. The van der Waals surface area contributed by atoms with Gasteiger partial charge in [-0.25, -0.2) is 4.39 Å². The molecule has 0 saturated heterocycles. The molecular weight excluding hydrogens is 285 g/mol. The molecule has 5 heteroatoms. The number of benzene rings is 1. The number of ether oxygens (including phenoxy) is 1. The van der Waals surface area contributed by atoms with Gasteiger partial charge < -0.3 is 4.74 Å². The first-order valence-electron chi connectivity index (χ1n) is 4.61. The Kier molecular flexibility index (Phi) is 3.69. The molecule has 0 aliphatic carbocycles. The lowest BCUT2D eigenvalue weighted by Crippen LogP contribution is -2.42. The molecule has 0 spiro atoms. The van der Waals surface area contributed by atoms with Crippen LogP contribution in [0.3, 0.4) is 0 Å². The second-order valence-electron chi connectivity index (χ2n) is 3.89. The Bertz CT molecular complexity index is 391. The van der Waals surface area contributed by atoms with E-state index in [1.807, 2.05) is 0 Å². The van der Waals surface area contributed by atoms with Crippen molar-refractivity contribution in [2.75, 3.05) is 7.11 Å². The quantitative estimate of drug-likeness (QED) is 0.816. The van der Waals surface area contributed by atoms with Gasteiger partial charge in [-0.3, -0.25) is 0 Å². The van der Waals surface area contributed by atoms with Gasteiger partial charge in [0.25, 0.3) is 0 Å². The fraction of sp³-hybridized carbons (Fsp3) is 0.455. The molecule has 1 rings (SSSR count). The number of methoxy groups -OCH3 is 1. The van der Waals surface area contributed by atoms with E-state index in [1.165, 1.54) is 33.1 Å². The zero-order valence-electron chi connectivity index (χ0n) is 9.15. The third-order valence-corrected chi connectivity index (χ3v) is 3.17. The van der Waals surface area contributed by atoms with Crippen LogP contribution in [0.25, 0.3) is 0 Å². The number of rotatable bonds is 3. The highest BCUT2D eigenvalue weighted by Crippen LogP contribution is 2.42. The first-order valence-corrected chi connectivity index (χ1v) is 5.41. The summed E-state index contributed by atoms with van der Waals surface area (Å²) in [5.74, 6) is -4.37. The Hall–Kier alpha value is -0.550. The SMILES string of the molecule is COC(C)(C)C(F)(F)c1cccc(Br)c1F. The van der Waals surface area contributed by atoms with Gasteiger partial charge in [0.2, 0.25) is 0 Å². The molecule has 0 amide bonds. The molecule has 1 aromatic carbocycles. The molecule has 1 nitrogen and oxygen atoms in total. The van der Waals surface area contributed by atoms with Crippen LogP contribution in [0.2, 0.25) is 0 Å². The van der Waals surface area contributed by atoms with Crippen LogP contribution in [0.15, 0.2) is 22.7 Å². The molecule has 0 aromatic heterocycles. The predicted molar refractivity (Wildman–Crippen MR) is 59.1 cm³/mol. The Morgan fingerprint density at radius 3 is 2.31 bits per heavy atom. The normalized spacial score (nSPS) is 12.9. The van der Waals surface area contributed by atoms with Crippen molar-refractivity contribution in [2.45, 2.75) is 25.4 Å². The molecule has 0 bridgehead atoms. The second kappa shape index (κ2) is 4.37. The van der Waals surface area contributed by atoms with Crippen LogP contribution < -0.4 is 0 Å². The van der Waals surface area contributed by atoms with Crippen LogP contribution >= 0.6 is 15.9 Å². The van der Waals surface area contributed by atoms with Gasteiger partial charge in [0.05, 0.1) is 10.0 Å². The van der Waals surface area contributed by atoms with Gasteiger partial charge in [0.15, 0.2) is 0 Å². The maximum atomic E-state index is 14.0. The van der Waals surface area contributed by atoms with E-state index in [2.05, 4.69) is 15.9 Å². The van der Waals surface area contributed by atoms with Gasteiger partial charge >= 0.3 is 5.92 Å². The molecule has 1 aromatic rings. The average molecular weight is 297 g/mol. The maximum absolute atomic E-state index is 14.0. The van der Waals surface area contributed by atoms with E-state index in [4.69, 9.17) is 4.74 Å². The fourth-order valence-corrected chi connectivity index (χ4v) is 1.56. The standard InChI is InChI=1S/C11H12BrF3O/c1-10(2,16-3)11(14,15)7-5-4-6-8(12)9(7)13/h4-6H,1-3H3. The van der Waals surface area contributed by atoms with Crippen molar-refractivity contribution < 1.29 is 17.9 Å². The monoisotopic (exact) mass is 296 g/mol. The molecule has 16 heavy (non-hydrogen) atoms. The maximum Gasteiger partial charge on any atom is 0.303 e. The molecule has 0 atom stereocenters. The first-order chi connectivity index (χ1) is 7.24. The van der Waals surface area contributed by atoms with Crippen LogP contribution in [-0.4, -0.2) is 12.7 Å². The van der Waals surface area contributed by atoms with Crippen LogP contribution in [0.4, 0.5) is 13.2 Å². The fourth-order valence-electron chi connectivity index (χ4n) is 1.20. The zero-order valence-corrected chi connectivity index (χ0v) is 10.7. The predicted octanol–water partition coefficient (Wildman–Crippen LogP) is 4.11. The highest BCUT2D eigenvalue weighted by molar-refractivity contribution is 9.10. The average Bonchev–Trinajstić information content (AvgIpc) is 2.21. The lowest BCUT2D eigenvalue weighted by Gasteiger charge is -2.33. The van der Waals surface area contributed by atoms with E-state index >= 15 is 0 Å². The van der Waals surface area contributed by atoms with Gasteiger partial charge in [0.1, 0.15) is 11.4 Å². The van der Waals surface area contributed by atoms with E-state index in [-0.39, 0.29) is 4.47 Å². The van der Waals surface area contributed by atoms with E-state index < -0.39 is 22.9 Å². The minimum Gasteiger partial charge on any atom is -0.372 e. The summed E-state index contributed by atoms with van der Waals surface area (Å²) in [5.41, 5.74) is -2.44. The third kappa shape index (κ3) is 2.11. The van der Waals surface area contributed by atoms with Crippen molar-refractivity contribution in [1.29, 1.82) is 0 Å². The molecular formula is C11H12BrF3O. The molecule has 0 heterocycles. The van der Waals surface area contributed by atoms with Gasteiger partial charge in [-0.05, 0) is 41.9 Å². The molecule has 0 fully saturated rings. The van der Waals surface area contributed by atoms with Crippen LogP contribution in [0, 0.1) is 5.82 Å². The second-order valence-corrected chi connectivity index (χ2v) is 4.74. The molecule has 0 aliphatic heterocycles. The summed E-state index contributed by atoms with van der Waals surface area (Å²) in [6, 6.07) is 3.79. The summed E-state index contributed by atoms with van der Waals surface area (Å²) in [5, 5.41) is 0. The minimum absolute atomic E-state index is 0.0107. The number of halogens is 4. The summed E-state index contributed by atoms with van der Waals surface area (Å²) in [6.07, 6.45) is 0. The van der Waals surface area contributed by atoms with Crippen molar-refractivity contribution in [3.05, 3.63) is 34.1 Å². The van der Waals surface area contributed by atoms with Crippen LogP contribution in [0.1, 0.15) is 19.4 Å². The van der Waals surface area contributed by atoms with Gasteiger partial charge in [-0.15, -0.1) is 0 Å². The Balaban J connectivity index is 3.32. The van der Waals surface area contributed by atoms with E-state index in [9.17, 15) is 13.2 Å². The lowest BCUT2D eigenvalue weighted by molar-refractivity contribution is -0.186. The number of hydrogen-bond acceptors (Lipinski definition) is 1. The Morgan fingerprint density at radius 1 is 1.25 bits per heavy atom. The Morgan fingerprint density at radius 2 is 1.81 bits per heavy atom. The third-order valence-electron chi connectivity index (χ3n) is 2.56. The summed E-state index contributed by atoms with van der Waals surface area (Å²) in [4.78, 5) is 0. The molecule has 90 valence electrons. The molecule has 0 radical (unpaired) electrons. The topological polar surface area (TPSA) is 9.23 Å². The number of hydrogen-bond donors (Lipinski definition) is 0. The largest absolute Gasteiger partial charge is 0.372 e. The highest BCUT2D eigenvalue weighted by atomic mass is 79.9. The van der Waals surface area contributed by atoms with Crippen molar-refractivity contribution in [3.8, 4) is 0 Å². The van der Waals surface area contributed by atoms with Gasteiger partial charge in [-0.1, -0.05) is 6.07 Å². The van der Waals surface area contributed by atoms with E-state index in [0.717, 1.165) is 6.07 Å². The summed E-state index contributed by atoms with van der Waals surface area (Å²) >= 11 is 2.88. The van der Waals surface area contributed by atoms with E-state index in [0.29, 0.717) is 0 Å². The van der Waals surface area contributed by atoms with Crippen molar-refractivity contribution in [2.24, 2.45) is 0 Å². The zero-order chi connectivity index (χ0) is 12.6. The van der Waals surface area contributed by atoms with Crippen molar-refractivity contribution in [1.82, 2.24) is 0 Å². The Labute approximate surface area is 101 Å². The summed E-state index contributed by atoms with van der Waals surface area (Å²) in [7, 11) is 1.17. The number of alkyl halides is 2. The molecule has 0 saturated carbocycles. The van der Waals surface area contributed by atoms with Crippen LogP contribution in [-0.2, 0) is 10.7 Å². The van der Waals surface area contributed by atoms with E-state index in [1.54, 1.807) is 0 Å². The van der Waals surface area contributed by atoms with Gasteiger partial charge in [0, 0.05) is 7.11 Å².